The van der Waals surface area contributed by atoms with E-state index in [9.17, 15) is 0 Å². The van der Waals surface area contributed by atoms with Crippen molar-refractivity contribution in [2.24, 2.45) is 0 Å². The van der Waals surface area contributed by atoms with Crippen molar-refractivity contribution in [2.75, 3.05) is 0 Å². The highest BCUT2D eigenvalue weighted by molar-refractivity contribution is 9.17. The minimum absolute atomic E-state index is 0.562. The summed E-state index contributed by atoms with van der Waals surface area (Å²) < 4.78 is 4.58. The van der Waals surface area contributed by atoms with Gasteiger partial charge >= 0.3 is 0 Å². The lowest BCUT2D eigenvalue weighted by atomic mass is 10.7. The molecule has 0 fully saturated rings. The quantitative estimate of drug-likeness (QED) is 0.447. The molecule has 8 heavy (non-hydrogen) atoms. The first-order valence-corrected chi connectivity index (χ1v) is 2.84. The SMILES string of the molecule is O=CBr.c1ccoc1. The van der Waals surface area contributed by atoms with E-state index < -0.39 is 0 Å². The van der Waals surface area contributed by atoms with Gasteiger partial charge in [-0.2, -0.15) is 0 Å². The van der Waals surface area contributed by atoms with Crippen LogP contribution in [0, 0.1) is 0 Å². The first-order chi connectivity index (χ1) is 3.91. The molecule has 0 aliphatic heterocycles. The zero-order chi connectivity index (χ0) is 6.24. The summed E-state index contributed by atoms with van der Waals surface area (Å²) in [5.74, 6) is 0. The Morgan fingerprint density at radius 2 is 1.75 bits per heavy atom. The summed E-state index contributed by atoms with van der Waals surface area (Å²) >= 11 is 2.47. The maximum Gasteiger partial charge on any atom is 0.185 e. The molecule has 0 aliphatic carbocycles. The van der Waals surface area contributed by atoms with Gasteiger partial charge in [-0.25, -0.2) is 0 Å². The van der Waals surface area contributed by atoms with Crippen molar-refractivity contribution in [1.29, 1.82) is 0 Å². The van der Waals surface area contributed by atoms with E-state index in [1.807, 2.05) is 12.1 Å². The molecule has 1 heterocycles. The van der Waals surface area contributed by atoms with Gasteiger partial charge < -0.3 is 4.42 Å². The summed E-state index contributed by atoms with van der Waals surface area (Å²) in [6.45, 7) is 0. The molecule has 0 aliphatic rings. The van der Waals surface area contributed by atoms with Gasteiger partial charge in [-0.05, 0) is 28.1 Å². The van der Waals surface area contributed by atoms with Crippen LogP contribution in [0.25, 0.3) is 0 Å². The Morgan fingerprint density at radius 3 is 1.88 bits per heavy atom. The molecule has 1 rings (SSSR count). The molecule has 0 amide bonds. The second kappa shape index (κ2) is 6.43. The predicted molar refractivity (Wildman–Crippen MR) is 34.4 cm³/mol. The summed E-state index contributed by atoms with van der Waals surface area (Å²) in [4.78, 5) is 8.72. The van der Waals surface area contributed by atoms with E-state index in [0.29, 0.717) is 5.20 Å². The second-order valence-corrected chi connectivity index (χ2v) is 1.26. The Balaban J connectivity index is 0.000000145. The van der Waals surface area contributed by atoms with E-state index in [1.165, 1.54) is 0 Å². The molecule has 0 saturated carbocycles. The summed E-state index contributed by atoms with van der Waals surface area (Å²) in [5.41, 5.74) is 0. The Morgan fingerprint density at radius 1 is 1.38 bits per heavy atom. The van der Waals surface area contributed by atoms with Crippen LogP contribution in [0.3, 0.4) is 0 Å². The molecule has 0 N–H and O–H groups in total. The van der Waals surface area contributed by atoms with Crippen molar-refractivity contribution in [3.8, 4) is 0 Å². The van der Waals surface area contributed by atoms with Crippen molar-refractivity contribution in [1.82, 2.24) is 0 Å². The molecule has 0 unspecified atom stereocenters. The van der Waals surface area contributed by atoms with Gasteiger partial charge in [0.05, 0.1) is 12.5 Å². The first-order valence-electron chi connectivity index (χ1n) is 1.93. The number of hydrogen-bond donors (Lipinski definition) is 0. The molecule has 0 radical (unpaired) electrons. The molecule has 0 saturated heterocycles. The highest BCUT2D eigenvalue weighted by Crippen LogP contribution is 1.79. The largest absolute Gasteiger partial charge is 0.473 e. The van der Waals surface area contributed by atoms with Crippen LogP contribution >= 0.6 is 15.9 Å². The molecule has 44 valence electrons. The van der Waals surface area contributed by atoms with Crippen LogP contribution in [0.2, 0.25) is 0 Å². The van der Waals surface area contributed by atoms with E-state index >= 15 is 0 Å². The van der Waals surface area contributed by atoms with Gasteiger partial charge in [0.1, 0.15) is 0 Å². The third-order valence-electron chi connectivity index (χ3n) is 0.425. The minimum Gasteiger partial charge on any atom is -0.473 e. The van der Waals surface area contributed by atoms with Crippen LogP contribution in [0.4, 0.5) is 0 Å². The fraction of sp³-hybridized carbons (Fsp3) is 0. The molecule has 2 nitrogen and oxygen atoms in total. The zero-order valence-electron chi connectivity index (χ0n) is 4.08. The van der Waals surface area contributed by atoms with E-state index in [-0.39, 0.29) is 0 Å². The zero-order valence-corrected chi connectivity index (χ0v) is 5.67. The molecule has 1 aromatic rings. The lowest BCUT2D eigenvalue weighted by Gasteiger charge is -1.50. The van der Waals surface area contributed by atoms with Crippen molar-refractivity contribution in [3.05, 3.63) is 24.7 Å². The first kappa shape index (κ1) is 7.43. The summed E-state index contributed by atoms with van der Waals surface area (Å²) in [7, 11) is 0. The smallest absolute Gasteiger partial charge is 0.185 e. The van der Waals surface area contributed by atoms with Crippen molar-refractivity contribution in [3.63, 3.8) is 0 Å². The van der Waals surface area contributed by atoms with Gasteiger partial charge in [0.15, 0.2) is 5.20 Å². The van der Waals surface area contributed by atoms with Gasteiger partial charge in [-0.15, -0.1) is 0 Å². The lowest BCUT2D eigenvalue weighted by molar-refractivity contribution is 0.567. The molecular formula is C5H5BrO2. The number of hydrogen-bond acceptors (Lipinski definition) is 2. The van der Waals surface area contributed by atoms with Crippen molar-refractivity contribution < 1.29 is 9.21 Å². The van der Waals surface area contributed by atoms with E-state index in [0.717, 1.165) is 0 Å². The molecule has 0 bridgehead atoms. The highest BCUT2D eigenvalue weighted by atomic mass is 79.9. The van der Waals surface area contributed by atoms with Crippen molar-refractivity contribution in [2.45, 2.75) is 0 Å². The molecule has 3 heteroatoms. The van der Waals surface area contributed by atoms with Gasteiger partial charge in [0.25, 0.3) is 0 Å². The Bertz CT molecular complexity index is 96.8. The van der Waals surface area contributed by atoms with Gasteiger partial charge in [0.2, 0.25) is 0 Å². The van der Waals surface area contributed by atoms with E-state index in [4.69, 9.17) is 4.79 Å². The average Bonchev–Trinajstić information content (AvgIpc) is 2.17. The van der Waals surface area contributed by atoms with Crippen LogP contribution in [0.1, 0.15) is 0 Å². The Kier molecular flexibility index (Phi) is 5.97. The number of carbonyl (C=O) groups excluding carboxylic acids is 1. The van der Waals surface area contributed by atoms with Crippen LogP contribution < -0.4 is 0 Å². The summed E-state index contributed by atoms with van der Waals surface area (Å²) in [5, 5.41) is 0.562. The standard InChI is InChI=1S/C4H4O.CHBrO/c1-2-4-5-3-1;2-1-3/h1-4H;1H. The highest BCUT2D eigenvalue weighted by Gasteiger charge is 1.58. The number of furan rings is 1. The summed E-state index contributed by atoms with van der Waals surface area (Å²) in [6.07, 6.45) is 3.25. The van der Waals surface area contributed by atoms with Gasteiger partial charge in [-0.3, -0.25) is 4.79 Å². The Hall–Kier alpha value is -0.570. The molecular weight excluding hydrogens is 172 g/mol. The number of halogens is 1. The number of rotatable bonds is 0. The third kappa shape index (κ3) is 5.43. The normalized spacial score (nSPS) is 6.62. The average molecular weight is 177 g/mol. The lowest BCUT2D eigenvalue weighted by Crippen LogP contribution is -1.22. The fourth-order valence-electron chi connectivity index (χ4n) is 0.227. The monoisotopic (exact) mass is 176 g/mol. The van der Waals surface area contributed by atoms with Crippen LogP contribution in [0.15, 0.2) is 29.1 Å². The maximum absolute atomic E-state index is 8.72. The molecule has 0 spiro atoms. The molecule has 0 aromatic carbocycles. The van der Waals surface area contributed by atoms with Gasteiger partial charge in [-0.1, -0.05) is 0 Å². The fourth-order valence-corrected chi connectivity index (χ4v) is 0.227. The second-order valence-electron chi connectivity index (χ2n) is 0.882. The van der Waals surface area contributed by atoms with E-state index in [1.54, 1.807) is 12.5 Å². The maximum atomic E-state index is 8.72. The topological polar surface area (TPSA) is 30.2 Å². The minimum atomic E-state index is 0.562. The van der Waals surface area contributed by atoms with Crippen molar-refractivity contribution >= 4 is 21.1 Å². The van der Waals surface area contributed by atoms with Crippen LogP contribution in [-0.4, -0.2) is 5.20 Å². The summed E-state index contributed by atoms with van der Waals surface area (Å²) in [6, 6.07) is 3.67. The predicted octanol–water partition coefficient (Wildman–Crippen LogP) is 1.85. The third-order valence-corrected chi connectivity index (χ3v) is 0.425. The van der Waals surface area contributed by atoms with Gasteiger partial charge in [0, 0.05) is 0 Å². The van der Waals surface area contributed by atoms with Crippen LogP contribution in [-0.2, 0) is 4.79 Å². The van der Waals surface area contributed by atoms with Crippen LogP contribution in [0.5, 0.6) is 0 Å². The Labute approximate surface area is 55.6 Å². The molecule has 0 atom stereocenters. The molecule has 1 aromatic heterocycles. The van der Waals surface area contributed by atoms with E-state index in [2.05, 4.69) is 20.3 Å². The number of carbonyl (C=O) groups is 1.